The predicted molar refractivity (Wildman–Crippen MR) is 91.4 cm³/mol. The molecule has 0 N–H and O–H groups in total. The van der Waals surface area contributed by atoms with Crippen molar-refractivity contribution in [2.24, 2.45) is 0 Å². The standard InChI is InChI=1S/C17H19OSSe/c1-18-16(14-10-6-4-7-11-14)17(19(2)3)20-15-12-8-5-9-13-15/h4-13H,1-3H3/q+1/b17-16-. The van der Waals surface area contributed by atoms with E-state index in [2.05, 4.69) is 67.1 Å². The van der Waals surface area contributed by atoms with Crippen molar-refractivity contribution in [1.29, 1.82) is 0 Å². The summed E-state index contributed by atoms with van der Waals surface area (Å²) in [5, 5.41) is 0. The Hall–Kier alpha value is -1.15. The quantitative estimate of drug-likeness (QED) is 0.458. The van der Waals surface area contributed by atoms with Gasteiger partial charge in [-0.15, -0.1) is 0 Å². The zero-order valence-electron chi connectivity index (χ0n) is 12.0. The van der Waals surface area contributed by atoms with Gasteiger partial charge in [-0.3, -0.25) is 0 Å². The fourth-order valence-corrected chi connectivity index (χ4v) is 5.79. The first-order valence-electron chi connectivity index (χ1n) is 6.36. The first kappa shape index (κ1) is 15.2. The molecule has 104 valence electrons. The minimum absolute atomic E-state index is 0.198. The Labute approximate surface area is 130 Å². The molecule has 0 fully saturated rings. The molecule has 0 atom stereocenters. The van der Waals surface area contributed by atoms with Crippen molar-refractivity contribution in [2.75, 3.05) is 19.6 Å². The Morgan fingerprint density at radius 3 is 1.95 bits per heavy atom. The molecule has 0 spiro atoms. The van der Waals surface area contributed by atoms with E-state index in [0.717, 1.165) is 5.76 Å². The van der Waals surface area contributed by atoms with Gasteiger partial charge >= 0.3 is 130 Å². The second-order valence-corrected chi connectivity index (χ2v) is 9.32. The molecule has 0 aromatic heterocycles. The normalized spacial score (nSPS) is 12.2. The number of benzene rings is 2. The second-order valence-electron chi connectivity index (χ2n) is 4.42. The summed E-state index contributed by atoms with van der Waals surface area (Å²) >= 11 is 0.301. The second kappa shape index (κ2) is 7.58. The molecule has 2 aromatic carbocycles. The van der Waals surface area contributed by atoms with Crippen molar-refractivity contribution in [3.8, 4) is 0 Å². The van der Waals surface area contributed by atoms with E-state index >= 15 is 0 Å². The third-order valence-electron chi connectivity index (χ3n) is 2.75. The third-order valence-corrected chi connectivity index (χ3v) is 8.05. The average molecular weight is 350 g/mol. The first-order valence-corrected chi connectivity index (χ1v) is 10.1. The van der Waals surface area contributed by atoms with Crippen molar-refractivity contribution in [1.82, 2.24) is 0 Å². The maximum atomic E-state index is 5.73. The molecule has 20 heavy (non-hydrogen) atoms. The molecule has 0 saturated carbocycles. The van der Waals surface area contributed by atoms with Crippen LogP contribution in [-0.4, -0.2) is 34.6 Å². The zero-order valence-corrected chi connectivity index (χ0v) is 14.5. The van der Waals surface area contributed by atoms with E-state index in [4.69, 9.17) is 4.74 Å². The van der Waals surface area contributed by atoms with Crippen LogP contribution in [0.1, 0.15) is 5.56 Å². The van der Waals surface area contributed by atoms with Crippen LogP contribution in [0.15, 0.2) is 64.5 Å². The summed E-state index contributed by atoms with van der Waals surface area (Å²) < 4.78 is 8.55. The third kappa shape index (κ3) is 3.92. The van der Waals surface area contributed by atoms with E-state index in [1.54, 1.807) is 7.11 Å². The minimum atomic E-state index is 0.198. The van der Waals surface area contributed by atoms with Gasteiger partial charge in [-0.1, -0.05) is 0 Å². The summed E-state index contributed by atoms with van der Waals surface area (Å²) in [6, 6.07) is 21.1. The van der Waals surface area contributed by atoms with E-state index in [9.17, 15) is 0 Å². The number of methoxy groups -OCH3 is 1. The van der Waals surface area contributed by atoms with Gasteiger partial charge in [0.05, 0.1) is 0 Å². The van der Waals surface area contributed by atoms with E-state index < -0.39 is 0 Å². The van der Waals surface area contributed by atoms with Gasteiger partial charge in [-0.25, -0.2) is 0 Å². The molecule has 0 saturated heterocycles. The van der Waals surface area contributed by atoms with Gasteiger partial charge in [-0.05, 0) is 0 Å². The van der Waals surface area contributed by atoms with Gasteiger partial charge in [0.25, 0.3) is 0 Å². The topological polar surface area (TPSA) is 9.23 Å². The fourth-order valence-electron chi connectivity index (χ4n) is 1.82. The van der Waals surface area contributed by atoms with Gasteiger partial charge in [0, 0.05) is 0 Å². The molecule has 0 radical (unpaired) electrons. The molecule has 2 aromatic rings. The van der Waals surface area contributed by atoms with Crippen LogP contribution >= 0.6 is 0 Å². The Bertz CT molecular complexity index is 564. The molecule has 2 rings (SSSR count). The van der Waals surface area contributed by atoms with Crippen LogP contribution < -0.4 is 4.46 Å². The molecule has 0 aliphatic rings. The first-order chi connectivity index (χ1) is 9.72. The molecular weight excluding hydrogens is 331 g/mol. The van der Waals surface area contributed by atoms with Gasteiger partial charge in [-0.2, -0.15) is 0 Å². The van der Waals surface area contributed by atoms with Crippen molar-refractivity contribution in [3.63, 3.8) is 0 Å². The van der Waals surface area contributed by atoms with E-state index in [1.165, 1.54) is 13.8 Å². The van der Waals surface area contributed by atoms with Gasteiger partial charge in [0.1, 0.15) is 0 Å². The summed E-state index contributed by atoms with van der Waals surface area (Å²) in [5.74, 6) is 1.04. The predicted octanol–water partition coefficient (Wildman–Crippen LogP) is 2.87. The maximum absolute atomic E-state index is 5.73. The van der Waals surface area contributed by atoms with Crippen molar-refractivity contribution < 1.29 is 4.74 Å². The number of ether oxygens (including phenoxy) is 1. The molecule has 0 amide bonds. The Morgan fingerprint density at radius 1 is 0.900 bits per heavy atom. The van der Waals surface area contributed by atoms with Gasteiger partial charge in [0.15, 0.2) is 0 Å². The van der Waals surface area contributed by atoms with Crippen LogP contribution in [-0.2, 0) is 15.6 Å². The Kier molecular flexibility index (Phi) is 5.78. The van der Waals surface area contributed by atoms with Crippen LogP contribution in [0.3, 0.4) is 0 Å². The average Bonchev–Trinajstić information content (AvgIpc) is 2.49. The van der Waals surface area contributed by atoms with Crippen LogP contribution in [0, 0.1) is 0 Å². The van der Waals surface area contributed by atoms with Crippen molar-refractivity contribution >= 4 is 36.1 Å². The summed E-state index contributed by atoms with van der Waals surface area (Å²) in [4.78, 5) is 0. The number of hydrogen-bond acceptors (Lipinski definition) is 1. The number of rotatable bonds is 5. The van der Waals surface area contributed by atoms with Crippen molar-refractivity contribution in [3.05, 3.63) is 70.0 Å². The molecule has 0 heterocycles. The monoisotopic (exact) mass is 351 g/mol. The van der Waals surface area contributed by atoms with Crippen LogP contribution in [0.4, 0.5) is 0 Å². The fraction of sp³-hybridized carbons (Fsp3) is 0.176. The van der Waals surface area contributed by atoms with E-state index in [0.29, 0.717) is 15.0 Å². The Morgan fingerprint density at radius 2 is 1.45 bits per heavy atom. The molecular formula is C17H19OSSe+. The van der Waals surface area contributed by atoms with Crippen LogP contribution in [0.5, 0.6) is 0 Å². The van der Waals surface area contributed by atoms with Gasteiger partial charge < -0.3 is 0 Å². The molecule has 3 heteroatoms. The van der Waals surface area contributed by atoms with E-state index in [1.807, 2.05) is 6.07 Å². The number of hydrogen-bond donors (Lipinski definition) is 0. The Balaban J connectivity index is 2.41. The molecule has 0 bridgehead atoms. The summed E-state index contributed by atoms with van der Waals surface area (Å²) in [5.41, 5.74) is 1.17. The molecule has 0 aliphatic carbocycles. The summed E-state index contributed by atoms with van der Waals surface area (Å²) in [6.45, 7) is 0. The molecule has 0 aliphatic heterocycles. The van der Waals surface area contributed by atoms with Crippen molar-refractivity contribution in [2.45, 2.75) is 0 Å². The zero-order chi connectivity index (χ0) is 14.4. The molecule has 1 nitrogen and oxygen atoms in total. The van der Waals surface area contributed by atoms with Gasteiger partial charge in [0.2, 0.25) is 0 Å². The summed E-state index contributed by atoms with van der Waals surface area (Å²) in [6.07, 6.45) is 4.53. The summed E-state index contributed by atoms with van der Waals surface area (Å²) in [7, 11) is 1.97. The van der Waals surface area contributed by atoms with Crippen LogP contribution in [0.25, 0.3) is 5.76 Å². The molecule has 0 unspecified atom stereocenters. The van der Waals surface area contributed by atoms with E-state index in [-0.39, 0.29) is 10.9 Å². The van der Waals surface area contributed by atoms with Crippen LogP contribution in [0.2, 0.25) is 0 Å². The SMILES string of the molecule is CO/C(=C(\[Se]c1ccccc1)[S+](C)C)c1ccccc1.